The molecule has 0 unspecified atom stereocenters. The molecule has 16 heavy (non-hydrogen) atoms. The Morgan fingerprint density at radius 2 is 2.31 bits per heavy atom. The van der Waals surface area contributed by atoms with E-state index in [-0.39, 0.29) is 5.97 Å². The molecule has 0 saturated carbocycles. The molecule has 0 saturated heterocycles. The van der Waals surface area contributed by atoms with Gasteiger partial charge >= 0.3 is 5.97 Å². The average molecular weight is 284 g/mol. The molecule has 0 N–H and O–H groups in total. The van der Waals surface area contributed by atoms with Gasteiger partial charge in [-0.25, -0.2) is 9.48 Å². The fourth-order valence-electron chi connectivity index (χ4n) is 1.47. The van der Waals surface area contributed by atoms with Gasteiger partial charge in [0.25, 0.3) is 0 Å². The van der Waals surface area contributed by atoms with Crippen LogP contribution in [0.1, 0.15) is 17.3 Å². The Morgan fingerprint density at radius 3 is 3.00 bits per heavy atom. The average Bonchev–Trinajstić information content (AvgIpc) is 2.61. The molecule has 1 aromatic carbocycles. The molecule has 6 heteroatoms. The van der Waals surface area contributed by atoms with Crippen molar-refractivity contribution in [1.29, 1.82) is 0 Å². The van der Waals surface area contributed by atoms with Gasteiger partial charge in [0, 0.05) is 11.5 Å². The topological polar surface area (TPSA) is 57.0 Å². The van der Waals surface area contributed by atoms with Crippen LogP contribution in [0, 0.1) is 0 Å². The van der Waals surface area contributed by atoms with Crippen molar-refractivity contribution in [2.45, 2.75) is 6.92 Å². The fourth-order valence-corrected chi connectivity index (χ4v) is 2.18. The normalized spacial score (nSPS) is 10.7. The van der Waals surface area contributed by atoms with Crippen LogP contribution < -0.4 is 0 Å². The van der Waals surface area contributed by atoms with E-state index in [1.165, 1.54) is 0 Å². The minimum Gasteiger partial charge on any atom is -0.462 e. The lowest BCUT2D eigenvalue weighted by molar-refractivity contribution is 0.0526. The summed E-state index contributed by atoms with van der Waals surface area (Å²) in [4.78, 5) is 11.5. The van der Waals surface area contributed by atoms with Crippen LogP contribution in [-0.2, 0) is 11.8 Å². The summed E-state index contributed by atoms with van der Waals surface area (Å²) in [6.45, 7) is 2.13. The van der Waals surface area contributed by atoms with Crippen molar-refractivity contribution in [3.63, 3.8) is 0 Å². The standard InChI is InChI=1S/C10H10BrN3O2/c1-3-16-10(15)6-4-7(11)9-8(5-6)12-13-14(9)2/h4-5H,3H2,1-2H3. The van der Waals surface area contributed by atoms with Crippen LogP contribution in [0.5, 0.6) is 0 Å². The molecule has 5 nitrogen and oxygen atoms in total. The fraction of sp³-hybridized carbons (Fsp3) is 0.300. The van der Waals surface area contributed by atoms with Crippen LogP contribution in [0.25, 0.3) is 11.0 Å². The van der Waals surface area contributed by atoms with Gasteiger partial charge in [0.1, 0.15) is 11.0 Å². The van der Waals surface area contributed by atoms with E-state index in [1.54, 1.807) is 30.8 Å². The van der Waals surface area contributed by atoms with Gasteiger partial charge in [0.15, 0.2) is 0 Å². The number of fused-ring (bicyclic) bond motifs is 1. The second-order valence-corrected chi connectivity index (χ2v) is 4.11. The minimum absolute atomic E-state index is 0.351. The predicted molar refractivity (Wildman–Crippen MR) is 62.2 cm³/mol. The number of carbonyl (C=O) groups is 1. The number of hydrogen-bond donors (Lipinski definition) is 0. The Bertz CT molecular complexity index is 550. The summed E-state index contributed by atoms with van der Waals surface area (Å²) in [7, 11) is 1.80. The molecule has 1 aromatic heterocycles. The van der Waals surface area contributed by atoms with Crippen molar-refractivity contribution < 1.29 is 9.53 Å². The highest BCUT2D eigenvalue weighted by molar-refractivity contribution is 9.10. The number of aromatic nitrogens is 3. The van der Waals surface area contributed by atoms with Gasteiger partial charge < -0.3 is 4.74 Å². The lowest BCUT2D eigenvalue weighted by Gasteiger charge is -2.03. The Balaban J connectivity index is 2.54. The third-order valence-corrected chi connectivity index (χ3v) is 2.77. The van der Waals surface area contributed by atoms with Gasteiger partial charge in [-0.1, -0.05) is 5.21 Å². The van der Waals surface area contributed by atoms with E-state index in [2.05, 4.69) is 26.2 Å². The van der Waals surface area contributed by atoms with Gasteiger partial charge in [0.05, 0.1) is 12.2 Å². The Morgan fingerprint density at radius 1 is 1.56 bits per heavy atom. The largest absolute Gasteiger partial charge is 0.462 e. The number of carbonyl (C=O) groups excluding carboxylic acids is 1. The van der Waals surface area contributed by atoms with Gasteiger partial charge in [-0.2, -0.15) is 0 Å². The Hall–Kier alpha value is -1.43. The zero-order chi connectivity index (χ0) is 11.7. The summed E-state index contributed by atoms with van der Waals surface area (Å²) in [6, 6.07) is 3.38. The molecule has 84 valence electrons. The lowest BCUT2D eigenvalue weighted by Crippen LogP contribution is -2.04. The molecule has 0 radical (unpaired) electrons. The Kier molecular flexibility index (Phi) is 2.91. The first-order valence-corrected chi connectivity index (χ1v) is 5.59. The van der Waals surface area contributed by atoms with Crippen LogP contribution >= 0.6 is 15.9 Å². The molecule has 0 spiro atoms. The van der Waals surface area contributed by atoms with E-state index in [9.17, 15) is 4.79 Å². The van der Waals surface area contributed by atoms with Gasteiger partial charge in [-0.05, 0) is 35.0 Å². The SMILES string of the molecule is CCOC(=O)c1cc(Br)c2c(c1)nnn2C. The second kappa shape index (κ2) is 4.21. The number of esters is 1. The molecule has 0 fully saturated rings. The van der Waals surface area contributed by atoms with E-state index in [0.29, 0.717) is 17.7 Å². The smallest absolute Gasteiger partial charge is 0.338 e. The number of hydrogen-bond acceptors (Lipinski definition) is 4. The zero-order valence-electron chi connectivity index (χ0n) is 8.90. The first-order valence-electron chi connectivity index (χ1n) is 4.79. The van der Waals surface area contributed by atoms with E-state index in [0.717, 1.165) is 9.99 Å². The summed E-state index contributed by atoms with van der Waals surface area (Å²) in [5.41, 5.74) is 2.00. The molecule has 0 bridgehead atoms. The molecule has 1 heterocycles. The highest BCUT2D eigenvalue weighted by atomic mass is 79.9. The van der Waals surface area contributed by atoms with E-state index < -0.39 is 0 Å². The summed E-state index contributed by atoms with van der Waals surface area (Å²) < 4.78 is 7.35. The van der Waals surface area contributed by atoms with E-state index in [1.807, 2.05) is 0 Å². The molecule has 0 aliphatic heterocycles. The monoisotopic (exact) mass is 283 g/mol. The van der Waals surface area contributed by atoms with Crippen molar-refractivity contribution in [2.24, 2.45) is 7.05 Å². The third kappa shape index (κ3) is 1.80. The van der Waals surface area contributed by atoms with Crippen molar-refractivity contribution in [3.05, 3.63) is 22.2 Å². The molecule has 0 aliphatic carbocycles. The lowest BCUT2D eigenvalue weighted by atomic mass is 10.2. The number of rotatable bonds is 2. The highest BCUT2D eigenvalue weighted by Gasteiger charge is 2.13. The molecule has 2 aromatic rings. The summed E-state index contributed by atoms with van der Waals surface area (Å²) in [5, 5.41) is 7.84. The van der Waals surface area contributed by atoms with Crippen LogP contribution in [-0.4, -0.2) is 27.6 Å². The number of benzene rings is 1. The quantitative estimate of drug-likeness (QED) is 0.790. The van der Waals surface area contributed by atoms with Crippen molar-refractivity contribution in [1.82, 2.24) is 15.0 Å². The molecular formula is C10H10BrN3O2. The maximum atomic E-state index is 11.5. The number of nitrogens with zero attached hydrogens (tertiary/aromatic N) is 3. The first kappa shape index (κ1) is 11.1. The maximum absolute atomic E-state index is 11.5. The molecular weight excluding hydrogens is 274 g/mol. The van der Waals surface area contributed by atoms with Crippen LogP contribution in [0.2, 0.25) is 0 Å². The van der Waals surface area contributed by atoms with Crippen molar-refractivity contribution in [2.75, 3.05) is 6.61 Å². The van der Waals surface area contributed by atoms with Crippen LogP contribution in [0.15, 0.2) is 16.6 Å². The summed E-state index contributed by atoms with van der Waals surface area (Å²) in [6.07, 6.45) is 0. The third-order valence-electron chi connectivity index (χ3n) is 2.16. The summed E-state index contributed by atoms with van der Waals surface area (Å²) >= 11 is 3.39. The van der Waals surface area contributed by atoms with Gasteiger partial charge in [0.2, 0.25) is 0 Å². The molecule has 0 aliphatic rings. The van der Waals surface area contributed by atoms with Gasteiger partial charge in [-0.3, -0.25) is 0 Å². The van der Waals surface area contributed by atoms with Crippen molar-refractivity contribution >= 4 is 32.9 Å². The zero-order valence-corrected chi connectivity index (χ0v) is 10.5. The van der Waals surface area contributed by atoms with Crippen LogP contribution in [0.4, 0.5) is 0 Å². The van der Waals surface area contributed by atoms with Gasteiger partial charge in [-0.15, -0.1) is 5.10 Å². The van der Waals surface area contributed by atoms with E-state index >= 15 is 0 Å². The number of ether oxygens (including phenoxy) is 1. The molecule has 2 rings (SSSR count). The minimum atomic E-state index is -0.351. The number of halogens is 1. The highest BCUT2D eigenvalue weighted by Crippen LogP contribution is 2.24. The maximum Gasteiger partial charge on any atom is 0.338 e. The van der Waals surface area contributed by atoms with Crippen molar-refractivity contribution in [3.8, 4) is 0 Å². The number of aryl methyl sites for hydroxylation is 1. The molecule has 0 amide bonds. The molecule has 0 atom stereocenters. The van der Waals surface area contributed by atoms with E-state index in [4.69, 9.17) is 4.74 Å². The Labute approximate surface area is 101 Å². The van der Waals surface area contributed by atoms with Crippen LogP contribution in [0.3, 0.4) is 0 Å². The predicted octanol–water partition coefficient (Wildman–Crippen LogP) is 1.91. The second-order valence-electron chi connectivity index (χ2n) is 3.26. The first-order chi connectivity index (χ1) is 7.63. The summed E-state index contributed by atoms with van der Waals surface area (Å²) in [5.74, 6) is -0.351.